The number of hydrogen-bond donors (Lipinski definition) is 2. The molecule has 0 aromatic heterocycles. The summed E-state index contributed by atoms with van der Waals surface area (Å²) in [5.74, 6) is 0. The number of aliphatic hydroxyl groups is 1. The first-order valence-corrected chi connectivity index (χ1v) is 7.97. The molecule has 112 valence electrons. The minimum absolute atomic E-state index is 0.116. The standard InChI is InChI=1S/C18H29NO/c1-14-9-15(2)11-17(10-14)16(3)19-12-18(13-20)7-5-4-6-8-18/h9-11,16,19-20H,4-8,12-13H2,1-3H3. The summed E-state index contributed by atoms with van der Waals surface area (Å²) in [4.78, 5) is 0. The SMILES string of the molecule is Cc1cc(C)cc(C(C)NCC2(CO)CCCCC2)c1. The van der Waals surface area contributed by atoms with Crippen LogP contribution in [0, 0.1) is 19.3 Å². The molecule has 1 saturated carbocycles. The lowest BCUT2D eigenvalue weighted by atomic mass is 9.74. The summed E-state index contributed by atoms with van der Waals surface area (Å²) in [7, 11) is 0. The summed E-state index contributed by atoms with van der Waals surface area (Å²) >= 11 is 0. The van der Waals surface area contributed by atoms with Gasteiger partial charge in [-0.2, -0.15) is 0 Å². The van der Waals surface area contributed by atoms with E-state index in [2.05, 4.69) is 44.3 Å². The van der Waals surface area contributed by atoms with Crippen LogP contribution in [0.4, 0.5) is 0 Å². The molecule has 0 aliphatic heterocycles. The number of aryl methyl sites for hydroxylation is 2. The maximum atomic E-state index is 9.77. The molecule has 0 saturated heterocycles. The molecule has 1 aromatic rings. The fourth-order valence-electron chi connectivity index (χ4n) is 3.44. The van der Waals surface area contributed by atoms with Gasteiger partial charge in [-0.15, -0.1) is 0 Å². The predicted molar refractivity (Wildman–Crippen MR) is 84.9 cm³/mol. The highest BCUT2D eigenvalue weighted by atomic mass is 16.3. The minimum Gasteiger partial charge on any atom is -0.396 e. The molecule has 2 N–H and O–H groups in total. The number of nitrogens with one attached hydrogen (secondary N) is 1. The van der Waals surface area contributed by atoms with Crippen LogP contribution in [-0.2, 0) is 0 Å². The second kappa shape index (κ2) is 6.73. The summed E-state index contributed by atoms with van der Waals surface area (Å²) in [5, 5.41) is 13.4. The molecule has 1 aromatic carbocycles. The van der Waals surface area contributed by atoms with Crippen molar-refractivity contribution in [3.63, 3.8) is 0 Å². The van der Waals surface area contributed by atoms with Crippen LogP contribution in [0.15, 0.2) is 18.2 Å². The maximum Gasteiger partial charge on any atom is 0.0499 e. The summed E-state index contributed by atoms with van der Waals surface area (Å²) in [6.45, 7) is 7.78. The first kappa shape index (κ1) is 15.5. The van der Waals surface area contributed by atoms with Crippen molar-refractivity contribution in [3.05, 3.63) is 34.9 Å². The largest absolute Gasteiger partial charge is 0.396 e. The van der Waals surface area contributed by atoms with Gasteiger partial charge in [-0.25, -0.2) is 0 Å². The summed E-state index contributed by atoms with van der Waals surface area (Å²) in [5.41, 5.74) is 4.11. The Morgan fingerprint density at radius 3 is 2.25 bits per heavy atom. The summed E-state index contributed by atoms with van der Waals surface area (Å²) < 4.78 is 0. The molecule has 2 nitrogen and oxygen atoms in total. The van der Waals surface area contributed by atoms with Crippen LogP contribution in [-0.4, -0.2) is 18.3 Å². The first-order valence-electron chi connectivity index (χ1n) is 7.97. The van der Waals surface area contributed by atoms with E-state index < -0.39 is 0 Å². The third-order valence-corrected chi connectivity index (χ3v) is 4.78. The number of aliphatic hydroxyl groups excluding tert-OH is 1. The Hall–Kier alpha value is -0.860. The Bertz CT molecular complexity index is 415. The average molecular weight is 275 g/mol. The highest BCUT2D eigenvalue weighted by Gasteiger charge is 2.31. The van der Waals surface area contributed by atoms with Crippen LogP contribution in [0.25, 0.3) is 0 Å². The van der Waals surface area contributed by atoms with Crippen molar-refractivity contribution >= 4 is 0 Å². The van der Waals surface area contributed by atoms with Gasteiger partial charge < -0.3 is 10.4 Å². The lowest BCUT2D eigenvalue weighted by Gasteiger charge is -2.36. The van der Waals surface area contributed by atoms with E-state index >= 15 is 0 Å². The molecule has 0 radical (unpaired) electrons. The summed E-state index contributed by atoms with van der Waals surface area (Å²) in [6.07, 6.45) is 6.18. The quantitative estimate of drug-likeness (QED) is 0.854. The molecule has 0 bridgehead atoms. The molecule has 0 heterocycles. The van der Waals surface area contributed by atoms with E-state index in [0.717, 1.165) is 19.4 Å². The molecule has 0 amide bonds. The van der Waals surface area contributed by atoms with Gasteiger partial charge in [0.1, 0.15) is 0 Å². The summed E-state index contributed by atoms with van der Waals surface area (Å²) in [6, 6.07) is 7.08. The van der Waals surface area contributed by atoms with Gasteiger partial charge in [0.15, 0.2) is 0 Å². The fourth-order valence-corrected chi connectivity index (χ4v) is 3.44. The van der Waals surface area contributed by atoms with Crippen LogP contribution in [0.2, 0.25) is 0 Å². The van der Waals surface area contributed by atoms with Gasteiger partial charge in [0.05, 0.1) is 0 Å². The Balaban J connectivity index is 1.98. The molecule has 1 unspecified atom stereocenters. The second-order valence-corrected chi connectivity index (χ2v) is 6.74. The van der Waals surface area contributed by atoms with E-state index in [-0.39, 0.29) is 5.41 Å². The monoisotopic (exact) mass is 275 g/mol. The zero-order valence-corrected chi connectivity index (χ0v) is 13.2. The smallest absolute Gasteiger partial charge is 0.0499 e. The van der Waals surface area contributed by atoms with E-state index in [1.807, 2.05) is 0 Å². The van der Waals surface area contributed by atoms with Crippen LogP contribution in [0.5, 0.6) is 0 Å². The number of benzene rings is 1. The molecule has 1 atom stereocenters. The normalized spacial score (nSPS) is 19.8. The molecular formula is C18H29NO. The van der Waals surface area contributed by atoms with Gasteiger partial charge in [-0.3, -0.25) is 0 Å². The Kier molecular flexibility index (Phi) is 5.22. The van der Waals surface area contributed by atoms with Crippen molar-refractivity contribution in [3.8, 4) is 0 Å². The molecule has 1 aliphatic rings. The van der Waals surface area contributed by atoms with E-state index in [1.165, 1.54) is 36.0 Å². The van der Waals surface area contributed by atoms with Gasteiger partial charge >= 0.3 is 0 Å². The Morgan fingerprint density at radius 1 is 1.10 bits per heavy atom. The molecular weight excluding hydrogens is 246 g/mol. The maximum absolute atomic E-state index is 9.77. The molecule has 0 spiro atoms. The fraction of sp³-hybridized carbons (Fsp3) is 0.667. The van der Waals surface area contributed by atoms with Gasteiger partial charge in [0, 0.05) is 24.6 Å². The van der Waals surface area contributed by atoms with Crippen LogP contribution >= 0.6 is 0 Å². The van der Waals surface area contributed by atoms with Crippen LogP contribution in [0.3, 0.4) is 0 Å². The van der Waals surface area contributed by atoms with Gasteiger partial charge in [0.2, 0.25) is 0 Å². The van der Waals surface area contributed by atoms with Crippen molar-refractivity contribution in [1.29, 1.82) is 0 Å². The molecule has 2 rings (SSSR count). The van der Waals surface area contributed by atoms with Crippen molar-refractivity contribution in [2.45, 2.75) is 58.9 Å². The second-order valence-electron chi connectivity index (χ2n) is 6.74. The first-order chi connectivity index (χ1) is 9.54. The zero-order valence-electron chi connectivity index (χ0n) is 13.2. The zero-order chi connectivity index (χ0) is 14.6. The average Bonchev–Trinajstić information content (AvgIpc) is 2.45. The topological polar surface area (TPSA) is 32.3 Å². The molecule has 1 fully saturated rings. The minimum atomic E-state index is 0.116. The number of hydrogen-bond acceptors (Lipinski definition) is 2. The third-order valence-electron chi connectivity index (χ3n) is 4.78. The Labute approximate surface area is 123 Å². The van der Waals surface area contributed by atoms with Crippen molar-refractivity contribution in [2.75, 3.05) is 13.2 Å². The van der Waals surface area contributed by atoms with Crippen LogP contribution < -0.4 is 5.32 Å². The number of rotatable bonds is 5. The molecule has 20 heavy (non-hydrogen) atoms. The van der Waals surface area contributed by atoms with Crippen molar-refractivity contribution in [1.82, 2.24) is 5.32 Å². The highest BCUT2D eigenvalue weighted by Crippen LogP contribution is 2.35. The van der Waals surface area contributed by atoms with Gasteiger partial charge in [-0.05, 0) is 39.2 Å². The van der Waals surface area contributed by atoms with E-state index in [9.17, 15) is 5.11 Å². The lowest BCUT2D eigenvalue weighted by molar-refractivity contribution is 0.0789. The predicted octanol–water partition coefficient (Wildman–Crippen LogP) is 3.90. The van der Waals surface area contributed by atoms with Crippen molar-refractivity contribution < 1.29 is 5.11 Å². The molecule has 2 heteroatoms. The highest BCUT2D eigenvalue weighted by molar-refractivity contribution is 5.30. The van der Waals surface area contributed by atoms with E-state index in [0.29, 0.717) is 12.6 Å². The lowest BCUT2D eigenvalue weighted by Crippen LogP contribution is -2.40. The van der Waals surface area contributed by atoms with Crippen LogP contribution in [0.1, 0.15) is 61.8 Å². The van der Waals surface area contributed by atoms with Crippen molar-refractivity contribution in [2.24, 2.45) is 5.41 Å². The van der Waals surface area contributed by atoms with E-state index in [4.69, 9.17) is 0 Å². The molecule has 1 aliphatic carbocycles. The van der Waals surface area contributed by atoms with Gasteiger partial charge in [0.25, 0.3) is 0 Å². The van der Waals surface area contributed by atoms with E-state index in [1.54, 1.807) is 0 Å². The van der Waals surface area contributed by atoms with Gasteiger partial charge in [-0.1, -0.05) is 48.6 Å². The Morgan fingerprint density at radius 2 is 1.70 bits per heavy atom. The third kappa shape index (κ3) is 3.83.